The molecular weight excluding hydrogens is 873 g/mol. The zero-order valence-electron chi connectivity index (χ0n) is 38.6. The lowest BCUT2D eigenvalue weighted by atomic mass is 9.98. The number of nitrogens with zero attached hydrogens (tertiary/aromatic N) is 9. The predicted octanol–water partition coefficient (Wildman–Crippen LogP) is 4.37. The van der Waals surface area contributed by atoms with Crippen molar-refractivity contribution in [3.8, 4) is 23.3 Å². The minimum Gasteiger partial charge on any atom is -0.494 e. The van der Waals surface area contributed by atoms with Crippen LogP contribution in [0, 0.1) is 31.6 Å². The molecular formula is C47H54N14O7. The Balaban J connectivity index is 1.11. The summed E-state index contributed by atoms with van der Waals surface area (Å²) in [6.45, 7) is 9.73. The van der Waals surface area contributed by atoms with E-state index in [-0.39, 0.29) is 60.4 Å². The van der Waals surface area contributed by atoms with Gasteiger partial charge in [0.2, 0.25) is 23.7 Å². The van der Waals surface area contributed by atoms with Crippen LogP contribution in [-0.4, -0.2) is 106 Å². The van der Waals surface area contributed by atoms with Crippen LogP contribution >= 0.6 is 0 Å². The van der Waals surface area contributed by atoms with Crippen molar-refractivity contribution in [3.05, 3.63) is 82.5 Å². The summed E-state index contributed by atoms with van der Waals surface area (Å²) in [5.74, 6) is 5.09. The van der Waals surface area contributed by atoms with E-state index < -0.39 is 23.6 Å². The number of anilines is 2. The van der Waals surface area contributed by atoms with Crippen LogP contribution in [0.25, 0.3) is 22.1 Å². The fourth-order valence-corrected chi connectivity index (χ4v) is 8.21. The summed E-state index contributed by atoms with van der Waals surface area (Å²) in [5.41, 5.74) is 15.4. The van der Waals surface area contributed by atoms with Crippen LogP contribution in [0.2, 0.25) is 0 Å². The number of hydrogen-bond donors (Lipinski definition) is 5. The molecule has 2 aromatic carbocycles. The number of primary amides is 2. The standard InChI is InChI=1S/C47H54N14O7/c1-6-60-35(21-27(3)55-60)43(64)53-45-51-33-23-30(41(48)62)25-37(67-5)39(33)58(45)16-8-9-17-59-40-34(52-46(59)54-44(65)36-22-28(4)56-61(36)7-2)24-31(42(49)63)26-38(40)68-20-10-11-29-14-18-57(19-15-29)47(66)50-32-12-13-32/h8-9,21-26,29,32H,6-7,12-20H2,1-5H3,(H2,48,62)(H2,49,63)(H,50,66)(H,51,53,64)(H,52,54,65)/b9-8+. The first-order chi connectivity index (χ1) is 32.7. The van der Waals surface area contributed by atoms with E-state index in [1.807, 2.05) is 30.9 Å². The second kappa shape index (κ2) is 19.8. The molecule has 0 atom stereocenters. The number of urea groups is 1. The minimum atomic E-state index is -0.703. The Morgan fingerprint density at radius 3 is 1.71 bits per heavy atom. The normalized spacial score (nSPS) is 14.0. The van der Waals surface area contributed by atoms with Crippen molar-refractivity contribution in [1.82, 2.24) is 48.9 Å². The van der Waals surface area contributed by atoms with Gasteiger partial charge in [-0.2, -0.15) is 10.2 Å². The van der Waals surface area contributed by atoms with E-state index in [4.69, 9.17) is 30.9 Å². The summed E-state index contributed by atoms with van der Waals surface area (Å²) in [6, 6.07) is 9.73. The van der Waals surface area contributed by atoms with Gasteiger partial charge in [0.15, 0.2) is 0 Å². The third kappa shape index (κ3) is 9.98. The molecule has 68 heavy (non-hydrogen) atoms. The minimum absolute atomic E-state index is 0.0234. The number of likely N-dealkylation sites (tertiary alicyclic amines) is 1. The van der Waals surface area contributed by atoms with Crippen LogP contribution < -0.4 is 36.9 Å². The summed E-state index contributed by atoms with van der Waals surface area (Å²) in [5, 5.41) is 17.7. The summed E-state index contributed by atoms with van der Waals surface area (Å²) in [7, 11) is 1.46. The second-order valence-electron chi connectivity index (χ2n) is 16.7. The van der Waals surface area contributed by atoms with Crippen molar-refractivity contribution in [1.29, 1.82) is 0 Å². The molecule has 7 N–H and O–H groups in total. The van der Waals surface area contributed by atoms with Crippen molar-refractivity contribution in [2.45, 2.75) is 85.6 Å². The number of benzene rings is 2. The Hall–Kier alpha value is -8.15. The number of imidazole rings is 2. The topological polar surface area (TPSA) is 266 Å². The summed E-state index contributed by atoms with van der Waals surface area (Å²) < 4.78 is 18.7. The van der Waals surface area contributed by atoms with Gasteiger partial charge in [-0.15, -0.1) is 0 Å². The fourth-order valence-electron chi connectivity index (χ4n) is 8.21. The molecule has 21 heteroatoms. The lowest BCUT2D eigenvalue weighted by Crippen LogP contribution is -2.45. The summed E-state index contributed by atoms with van der Waals surface area (Å²) in [6.07, 6.45) is 7.19. The number of nitrogens with one attached hydrogen (secondary N) is 3. The molecule has 354 valence electrons. The molecule has 1 aliphatic heterocycles. The maximum atomic E-state index is 13.9. The van der Waals surface area contributed by atoms with Gasteiger partial charge < -0.3 is 40.3 Å². The van der Waals surface area contributed by atoms with Gasteiger partial charge in [-0.25, -0.2) is 14.8 Å². The van der Waals surface area contributed by atoms with E-state index in [2.05, 4.69) is 38.0 Å². The Bertz CT molecular complexity index is 3040. The van der Waals surface area contributed by atoms with Crippen LogP contribution in [0.15, 0.2) is 48.6 Å². The van der Waals surface area contributed by atoms with Crippen molar-refractivity contribution in [2.24, 2.45) is 17.4 Å². The average molecular weight is 927 g/mol. The van der Waals surface area contributed by atoms with Gasteiger partial charge in [0, 0.05) is 62.4 Å². The number of amides is 6. The van der Waals surface area contributed by atoms with E-state index in [0.717, 1.165) is 25.7 Å². The number of ether oxygens (including phenoxy) is 2. The number of carbonyl (C=O) groups is 5. The molecule has 0 spiro atoms. The molecule has 1 aliphatic carbocycles. The van der Waals surface area contributed by atoms with Gasteiger partial charge in [0.1, 0.15) is 40.5 Å². The number of allylic oxidation sites excluding steroid dienone is 2. The largest absolute Gasteiger partial charge is 0.494 e. The molecule has 6 aromatic rings. The lowest BCUT2D eigenvalue weighted by molar-refractivity contribution is 0.0991. The maximum Gasteiger partial charge on any atom is 0.317 e. The highest BCUT2D eigenvalue weighted by atomic mass is 16.5. The molecule has 0 bridgehead atoms. The molecule has 5 heterocycles. The quantitative estimate of drug-likeness (QED) is 0.0672. The van der Waals surface area contributed by atoms with E-state index in [1.165, 1.54) is 31.4 Å². The third-order valence-corrected chi connectivity index (χ3v) is 11.8. The zero-order valence-corrected chi connectivity index (χ0v) is 38.6. The fraction of sp³-hybridized carbons (Fsp3) is 0.383. The van der Waals surface area contributed by atoms with Crippen molar-refractivity contribution in [2.75, 3.05) is 37.4 Å². The number of methoxy groups -OCH3 is 1. The van der Waals surface area contributed by atoms with Crippen molar-refractivity contribution in [3.63, 3.8) is 0 Å². The number of carbonyl (C=O) groups excluding carboxylic acids is 5. The molecule has 1 saturated carbocycles. The first-order valence-corrected chi connectivity index (χ1v) is 22.5. The zero-order chi connectivity index (χ0) is 48.2. The van der Waals surface area contributed by atoms with Crippen molar-refractivity contribution < 1.29 is 33.4 Å². The number of nitrogens with two attached hydrogens (primary N) is 2. The smallest absolute Gasteiger partial charge is 0.317 e. The van der Waals surface area contributed by atoms with Gasteiger partial charge in [0.05, 0.1) is 29.5 Å². The van der Waals surface area contributed by atoms with Crippen LogP contribution in [-0.2, 0) is 26.2 Å². The molecule has 1 saturated heterocycles. The Kier molecular flexibility index (Phi) is 13.5. The van der Waals surface area contributed by atoms with Gasteiger partial charge >= 0.3 is 6.03 Å². The number of aromatic nitrogens is 8. The van der Waals surface area contributed by atoms with E-state index in [9.17, 15) is 24.0 Å². The number of fused-ring (bicyclic) bond motifs is 2. The molecule has 21 nitrogen and oxygen atoms in total. The Labute approximate surface area is 391 Å². The molecule has 0 unspecified atom stereocenters. The van der Waals surface area contributed by atoms with E-state index >= 15 is 0 Å². The molecule has 4 aromatic heterocycles. The molecule has 2 aliphatic rings. The number of piperidine rings is 1. The first kappa shape index (κ1) is 46.4. The van der Waals surface area contributed by atoms with Crippen LogP contribution in [0.4, 0.5) is 16.7 Å². The molecule has 0 radical (unpaired) electrons. The highest BCUT2D eigenvalue weighted by Gasteiger charge is 2.28. The monoisotopic (exact) mass is 926 g/mol. The Morgan fingerprint density at radius 2 is 1.24 bits per heavy atom. The van der Waals surface area contributed by atoms with E-state index in [0.29, 0.717) is 82.8 Å². The number of hydrogen-bond acceptors (Lipinski definition) is 11. The van der Waals surface area contributed by atoms with Crippen LogP contribution in [0.3, 0.4) is 0 Å². The van der Waals surface area contributed by atoms with Gasteiger partial charge in [0.25, 0.3) is 11.8 Å². The summed E-state index contributed by atoms with van der Waals surface area (Å²) in [4.78, 5) is 76.4. The number of rotatable bonds is 16. The first-order valence-electron chi connectivity index (χ1n) is 22.5. The third-order valence-electron chi connectivity index (χ3n) is 11.8. The SMILES string of the molecule is CCn1nc(C)cc1C(=O)Nc1nc2cc(C(N)=O)cc(OC)c2n1C/C=C/Cn1c(NC(=O)c2cc(C)nn2CC)nc2cc(C(N)=O)cc(OCC#CC3CCN(C(=O)NC4CC4)CC3)c21. The highest BCUT2D eigenvalue weighted by molar-refractivity contribution is 6.05. The van der Waals surface area contributed by atoms with Crippen LogP contribution in [0.1, 0.15) is 92.6 Å². The molecule has 8 rings (SSSR count). The van der Waals surface area contributed by atoms with Gasteiger partial charge in [-0.05, 0) is 89.8 Å². The van der Waals surface area contributed by atoms with Crippen molar-refractivity contribution >= 4 is 63.6 Å². The van der Waals surface area contributed by atoms with Gasteiger partial charge in [-0.1, -0.05) is 24.0 Å². The maximum absolute atomic E-state index is 13.9. The Morgan fingerprint density at radius 1 is 0.735 bits per heavy atom. The van der Waals surface area contributed by atoms with Gasteiger partial charge in [-0.3, -0.25) is 39.2 Å². The van der Waals surface area contributed by atoms with E-state index in [1.54, 1.807) is 44.5 Å². The number of aryl methyl sites for hydroxylation is 4. The summed E-state index contributed by atoms with van der Waals surface area (Å²) >= 11 is 0. The lowest BCUT2D eigenvalue weighted by Gasteiger charge is -2.29. The van der Waals surface area contributed by atoms with Crippen LogP contribution in [0.5, 0.6) is 11.5 Å². The second-order valence-corrected chi connectivity index (χ2v) is 16.7. The highest BCUT2D eigenvalue weighted by Crippen LogP contribution is 2.33. The molecule has 2 fully saturated rings. The predicted molar refractivity (Wildman–Crippen MR) is 252 cm³/mol. The molecule has 6 amide bonds. The average Bonchev–Trinajstić information content (AvgIpc) is 3.58.